The summed E-state index contributed by atoms with van der Waals surface area (Å²) in [7, 11) is 0. The van der Waals surface area contributed by atoms with Crippen LogP contribution in [0.4, 0.5) is 0 Å². The van der Waals surface area contributed by atoms with E-state index in [1.165, 1.54) is 109 Å². The van der Waals surface area contributed by atoms with Crippen LogP contribution in [0.2, 0.25) is 0 Å². The van der Waals surface area contributed by atoms with Gasteiger partial charge in [-0.3, -0.25) is 0 Å². The summed E-state index contributed by atoms with van der Waals surface area (Å²) < 4.78 is 50.0. The first kappa shape index (κ1) is 47.6. The van der Waals surface area contributed by atoms with Crippen LogP contribution in [0.15, 0.2) is 0 Å². The highest BCUT2D eigenvalue weighted by Crippen LogP contribution is 2.12. The molecule has 0 aliphatic carbocycles. The molecule has 290 valence electrons. The lowest BCUT2D eigenvalue weighted by molar-refractivity contribution is -0.0250. The van der Waals surface area contributed by atoms with Crippen molar-refractivity contribution >= 4 is 0 Å². The summed E-state index contributed by atoms with van der Waals surface area (Å²) in [6.07, 6.45) is 25.6. The van der Waals surface area contributed by atoms with Crippen molar-refractivity contribution in [3.05, 3.63) is 0 Å². The fraction of sp³-hybridized carbons (Fsp3) is 1.00. The third kappa shape index (κ3) is 45.6. The SMILES string of the molecule is CCCCCCCCCCCCCCCOCCOCCOCCOCCOCCOCCOCCOCCOCCCCCCCC. The van der Waals surface area contributed by atoms with Crippen LogP contribution < -0.4 is 0 Å². The van der Waals surface area contributed by atoms with Crippen LogP contribution in [0.3, 0.4) is 0 Å². The summed E-state index contributed by atoms with van der Waals surface area (Å²) in [4.78, 5) is 0. The smallest absolute Gasteiger partial charge is 0.0701 e. The molecule has 0 aliphatic heterocycles. The van der Waals surface area contributed by atoms with Crippen molar-refractivity contribution in [3.8, 4) is 0 Å². The Bertz CT molecular complexity index is 496. The first-order valence-electron chi connectivity index (χ1n) is 20.1. The zero-order valence-corrected chi connectivity index (χ0v) is 31.8. The molecule has 0 rings (SSSR count). The molecule has 0 aliphatic rings. The van der Waals surface area contributed by atoms with Crippen LogP contribution in [0, 0.1) is 0 Å². The van der Waals surface area contributed by atoms with Crippen LogP contribution in [0.5, 0.6) is 0 Å². The van der Waals surface area contributed by atoms with Gasteiger partial charge in [0.05, 0.1) is 106 Å². The van der Waals surface area contributed by atoms with E-state index in [1.807, 2.05) is 0 Å². The quantitative estimate of drug-likeness (QED) is 0.0583. The lowest BCUT2D eigenvalue weighted by Crippen LogP contribution is -2.15. The zero-order valence-electron chi connectivity index (χ0n) is 31.8. The van der Waals surface area contributed by atoms with Crippen molar-refractivity contribution < 1.29 is 42.6 Å². The molecule has 0 aromatic heterocycles. The fourth-order valence-corrected chi connectivity index (χ4v) is 5.07. The van der Waals surface area contributed by atoms with Gasteiger partial charge in [-0.15, -0.1) is 0 Å². The summed E-state index contributed by atoms with van der Waals surface area (Å²) in [5, 5.41) is 0. The van der Waals surface area contributed by atoms with Gasteiger partial charge in [-0.05, 0) is 12.8 Å². The summed E-state index contributed by atoms with van der Waals surface area (Å²) >= 11 is 0. The molecule has 48 heavy (non-hydrogen) atoms. The molecule has 0 spiro atoms. The van der Waals surface area contributed by atoms with E-state index < -0.39 is 0 Å². The monoisotopic (exact) mass is 693 g/mol. The van der Waals surface area contributed by atoms with Gasteiger partial charge >= 0.3 is 0 Å². The molecular formula is C39H80O9. The van der Waals surface area contributed by atoms with Gasteiger partial charge in [-0.2, -0.15) is 0 Å². The minimum Gasteiger partial charge on any atom is -0.379 e. The maximum absolute atomic E-state index is 5.68. The maximum atomic E-state index is 5.68. The van der Waals surface area contributed by atoms with Gasteiger partial charge in [0.25, 0.3) is 0 Å². The molecule has 0 saturated carbocycles. The second-order valence-corrected chi connectivity index (χ2v) is 12.5. The van der Waals surface area contributed by atoms with E-state index >= 15 is 0 Å². The highest BCUT2D eigenvalue weighted by molar-refractivity contribution is 4.49. The Morgan fingerprint density at radius 1 is 0.167 bits per heavy atom. The van der Waals surface area contributed by atoms with Crippen LogP contribution in [0.1, 0.15) is 136 Å². The topological polar surface area (TPSA) is 83.1 Å². The Balaban J connectivity index is 3.04. The first-order chi connectivity index (χ1) is 23.9. The van der Waals surface area contributed by atoms with Crippen molar-refractivity contribution in [2.24, 2.45) is 0 Å². The lowest BCUT2D eigenvalue weighted by Gasteiger charge is -2.09. The van der Waals surface area contributed by atoms with Crippen molar-refractivity contribution in [3.63, 3.8) is 0 Å². The van der Waals surface area contributed by atoms with E-state index in [-0.39, 0.29) is 0 Å². The van der Waals surface area contributed by atoms with Gasteiger partial charge in [0, 0.05) is 13.2 Å². The average molecular weight is 693 g/mol. The molecular weight excluding hydrogens is 612 g/mol. The Hall–Kier alpha value is -0.360. The van der Waals surface area contributed by atoms with Crippen LogP contribution in [-0.2, 0) is 42.6 Å². The van der Waals surface area contributed by atoms with Crippen molar-refractivity contribution in [1.29, 1.82) is 0 Å². The molecule has 0 heterocycles. The van der Waals surface area contributed by atoms with E-state index in [0.29, 0.717) is 106 Å². The lowest BCUT2D eigenvalue weighted by atomic mass is 10.0. The summed E-state index contributed by atoms with van der Waals surface area (Å²) in [5.74, 6) is 0. The molecule has 0 aromatic carbocycles. The molecule has 0 radical (unpaired) electrons. The molecule has 0 amide bonds. The normalized spacial score (nSPS) is 11.6. The maximum Gasteiger partial charge on any atom is 0.0701 e. The summed E-state index contributed by atoms with van der Waals surface area (Å²) in [6.45, 7) is 15.4. The largest absolute Gasteiger partial charge is 0.379 e. The highest BCUT2D eigenvalue weighted by Gasteiger charge is 1.97. The standard InChI is InChI=1S/C39H80O9/c1-3-5-7-9-11-12-13-14-15-16-17-19-21-23-41-25-27-43-29-31-45-33-35-47-37-39-48-38-36-46-34-32-44-30-28-42-26-24-40-22-20-18-10-8-6-4-2/h3-39H2,1-2H3. The molecule has 0 N–H and O–H groups in total. The van der Waals surface area contributed by atoms with Crippen LogP contribution in [-0.4, -0.2) is 119 Å². The third-order valence-electron chi connectivity index (χ3n) is 8.01. The Morgan fingerprint density at radius 3 is 0.500 bits per heavy atom. The predicted octanol–water partition coefficient (Wildman–Crippen LogP) is 8.59. The molecule has 0 aromatic rings. The van der Waals surface area contributed by atoms with Crippen molar-refractivity contribution in [2.75, 3.05) is 119 Å². The number of hydrogen-bond donors (Lipinski definition) is 0. The van der Waals surface area contributed by atoms with Gasteiger partial charge in [0.1, 0.15) is 0 Å². The molecule has 0 fully saturated rings. The average Bonchev–Trinajstić information content (AvgIpc) is 3.10. The van der Waals surface area contributed by atoms with E-state index in [0.717, 1.165) is 26.1 Å². The molecule has 0 unspecified atom stereocenters. The first-order valence-corrected chi connectivity index (χ1v) is 20.1. The Kier molecular flexibility index (Phi) is 46.3. The number of rotatable bonds is 45. The summed E-state index contributed by atoms with van der Waals surface area (Å²) in [6, 6.07) is 0. The number of unbranched alkanes of at least 4 members (excludes halogenated alkanes) is 17. The molecule has 9 nitrogen and oxygen atoms in total. The molecule has 0 atom stereocenters. The second kappa shape index (κ2) is 46.6. The molecule has 0 bridgehead atoms. The Morgan fingerprint density at radius 2 is 0.312 bits per heavy atom. The van der Waals surface area contributed by atoms with Gasteiger partial charge in [-0.1, -0.05) is 123 Å². The predicted molar refractivity (Wildman–Crippen MR) is 196 cm³/mol. The van der Waals surface area contributed by atoms with Crippen molar-refractivity contribution in [2.45, 2.75) is 136 Å². The van der Waals surface area contributed by atoms with Gasteiger partial charge < -0.3 is 42.6 Å². The van der Waals surface area contributed by atoms with Crippen LogP contribution >= 0.6 is 0 Å². The minimum atomic E-state index is 0.544. The minimum absolute atomic E-state index is 0.544. The zero-order chi connectivity index (χ0) is 34.5. The number of hydrogen-bond acceptors (Lipinski definition) is 9. The van der Waals surface area contributed by atoms with Crippen LogP contribution in [0.25, 0.3) is 0 Å². The van der Waals surface area contributed by atoms with E-state index in [9.17, 15) is 0 Å². The fourth-order valence-electron chi connectivity index (χ4n) is 5.07. The Labute approximate surface area is 297 Å². The van der Waals surface area contributed by atoms with E-state index in [2.05, 4.69) is 13.8 Å². The van der Waals surface area contributed by atoms with Gasteiger partial charge in [-0.25, -0.2) is 0 Å². The van der Waals surface area contributed by atoms with E-state index in [4.69, 9.17) is 42.6 Å². The molecule has 9 heteroatoms. The third-order valence-corrected chi connectivity index (χ3v) is 8.01. The van der Waals surface area contributed by atoms with E-state index in [1.54, 1.807) is 0 Å². The van der Waals surface area contributed by atoms with Gasteiger partial charge in [0.2, 0.25) is 0 Å². The molecule has 0 saturated heterocycles. The second-order valence-electron chi connectivity index (χ2n) is 12.5. The summed E-state index contributed by atoms with van der Waals surface area (Å²) in [5.41, 5.74) is 0. The highest BCUT2D eigenvalue weighted by atomic mass is 16.6. The number of ether oxygens (including phenoxy) is 9. The van der Waals surface area contributed by atoms with Crippen molar-refractivity contribution in [1.82, 2.24) is 0 Å². The van der Waals surface area contributed by atoms with Gasteiger partial charge in [0.15, 0.2) is 0 Å².